The first-order valence-electron chi connectivity index (χ1n) is 9.05. The molecule has 6 heteroatoms. The fourth-order valence-electron chi connectivity index (χ4n) is 2.84. The molecule has 0 aliphatic rings. The lowest BCUT2D eigenvalue weighted by Gasteiger charge is -2.20. The molecule has 3 rings (SSSR count). The van der Waals surface area contributed by atoms with Gasteiger partial charge in [-0.15, -0.1) is 0 Å². The molecule has 0 amide bonds. The molecular formula is C23H21BrO5. The smallest absolute Gasteiger partial charge is 0.428 e. The molecule has 5 nitrogen and oxygen atoms in total. The summed E-state index contributed by atoms with van der Waals surface area (Å²) in [5, 5.41) is 1.40. The van der Waals surface area contributed by atoms with Crippen LogP contribution in [0.2, 0.25) is 0 Å². The number of rotatable bonds is 3. The number of carbonyl (C=O) groups is 2. The van der Waals surface area contributed by atoms with Crippen molar-refractivity contribution in [2.24, 2.45) is 0 Å². The van der Waals surface area contributed by atoms with Crippen LogP contribution in [-0.2, 0) is 4.74 Å². The van der Waals surface area contributed by atoms with E-state index in [0.29, 0.717) is 16.7 Å². The standard InChI is InChI=1S/C23H21BrO5/c1-14-13-17-16(11-8-12-18(17)24)20(28-22(26)29-23(2,3)4)19(14)21(25)27-15-9-6-5-7-10-15/h5-13H,1-4H3. The minimum absolute atomic E-state index is 0.108. The van der Waals surface area contributed by atoms with Crippen molar-refractivity contribution in [1.29, 1.82) is 0 Å². The number of esters is 1. The number of hydrogen-bond donors (Lipinski definition) is 0. The Balaban J connectivity index is 2.11. The number of halogens is 1. The van der Waals surface area contributed by atoms with Gasteiger partial charge in [0.2, 0.25) is 0 Å². The molecule has 0 fully saturated rings. The van der Waals surface area contributed by atoms with E-state index >= 15 is 0 Å². The number of para-hydroxylation sites is 1. The molecule has 0 spiro atoms. The van der Waals surface area contributed by atoms with Gasteiger partial charge in [-0.3, -0.25) is 0 Å². The van der Waals surface area contributed by atoms with E-state index in [0.717, 1.165) is 9.86 Å². The van der Waals surface area contributed by atoms with Gasteiger partial charge in [0, 0.05) is 9.86 Å². The maximum absolute atomic E-state index is 13.0. The van der Waals surface area contributed by atoms with Crippen molar-refractivity contribution in [2.45, 2.75) is 33.3 Å². The molecule has 150 valence electrons. The molecule has 0 saturated carbocycles. The maximum Gasteiger partial charge on any atom is 0.514 e. The summed E-state index contributed by atoms with van der Waals surface area (Å²) >= 11 is 3.51. The van der Waals surface area contributed by atoms with Crippen LogP contribution < -0.4 is 9.47 Å². The fourth-order valence-corrected chi connectivity index (χ4v) is 3.33. The van der Waals surface area contributed by atoms with Gasteiger partial charge in [0.05, 0.1) is 0 Å². The van der Waals surface area contributed by atoms with Crippen molar-refractivity contribution in [1.82, 2.24) is 0 Å². The van der Waals surface area contributed by atoms with Crippen molar-refractivity contribution < 1.29 is 23.8 Å². The number of carbonyl (C=O) groups excluding carboxylic acids is 2. The monoisotopic (exact) mass is 456 g/mol. The fraction of sp³-hybridized carbons (Fsp3) is 0.217. The summed E-state index contributed by atoms with van der Waals surface area (Å²) in [5.41, 5.74) is 0.0522. The Bertz CT molecular complexity index is 1070. The minimum atomic E-state index is -0.891. The van der Waals surface area contributed by atoms with Gasteiger partial charge in [0.15, 0.2) is 5.75 Å². The van der Waals surface area contributed by atoms with Crippen LogP contribution >= 0.6 is 15.9 Å². The van der Waals surface area contributed by atoms with Crippen molar-refractivity contribution >= 4 is 38.8 Å². The summed E-state index contributed by atoms with van der Waals surface area (Å²) in [6, 6.07) is 16.0. The first kappa shape index (κ1) is 20.9. The van der Waals surface area contributed by atoms with Crippen LogP contribution in [0.5, 0.6) is 11.5 Å². The van der Waals surface area contributed by atoms with Gasteiger partial charge < -0.3 is 14.2 Å². The predicted molar refractivity (Wildman–Crippen MR) is 115 cm³/mol. The van der Waals surface area contributed by atoms with Gasteiger partial charge in [0.1, 0.15) is 16.9 Å². The molecule has 0 aromatic heterocycles. The van der Waals surface area contributed by atoms with Crippen LogP contribution in [0.3, 0.4) is 0 Å². The Kier molecular flexibility index (Phi) is 5.94. The Morgan fingerprint density at radius 3 is 2.24 bits per heavy atom. The molecule has 0 unspecified atom stereocenters. The van der Waals surface area contributed by atoms with Crippen molar-refractivity contribution in [3.8, 4) is 11.5 Å². The van der Waals surface area contributed by atoms with E-state index in [1.54, 1.807) is 64.1 Å². The Labute approximate surface area is 177 Å². The molecule has 0 bridgehead atoms. The highest BCUT2D eigenvalue weighted by atomic mass is 79.9. The Hall–Kier alpha value is -2.86. The molecule has 0 atom stereocenters. The van der Waals surface area contributed by atoms with E-state index in [1.165, 1.54) is 0 Å². The molecule has 0 heterocycles. The van der Waals surface area contributed by atoms with Crippen molar-refractivity contribution in [3.05, 3.63) is 70.2 Å². The number of benzene rings is 3. The molecule has 3 aromatic rings. The number of ether oxygens (including phenoxy) is 3. The normalized spacial score (nSPS) is 11.2. The highest BCUT2D eigenvalue weighted by Crippen LogP contribution is 2.37. The molecule has 0 saturated heterocycles. The molecule has 0 aliphatic carbocycles. The Morgan fingerprint density at radius 2 is 1.59 bits per heavy atom. The average Bonchev–Trinajstić information content (AvgIpc) is 2.62. The lowest BCUT2D eigenvalue weighted by molar-refractivity contribution is 0.0207. The highest BCUT2D eigenvalue weighted by molar-refractivity contribution is 9.10. The summed E-state index contributed by atoms with van der Waals surface area (Å²) < 4.78 is 17.2. The molecule has 29 heavy (non-hydrogen) atoms. The first-order chi connectivity index (χ1) is 13.7. The third kappa shape index (κ3) is 4.95. The first-order valence-corrected chi connectivity index (χ1v) is 9.85. The molecule has 0 aliphatic heterocycles. The third-order valence-corrected chi connectivity index (χ3v) is 4.70. The van der Waals surface area contributed by atoms with Gasteiger partial charge in [-0.25, -0.2) is 9.59 Å². The van der Waals surface area contributed by atoms with Crippen molar-refractivity contribution in [3.63, 3.8) is 0 Å². The molecular weight excluding hydrogens is 436 g/mol. The third-order valence-electron chi connectivity index (χ3n) is 4.01. The maximum atomic E-state index is 13.0. The van der Waals surface area contributed by atoms with Crippen molar-refractivity contribution in [2.75, 3.05) is 0 Å². The number of aryl methyl sites for hydroxylation is 1. The largest absolute Gasteiger partial charge is 0.514 e. The zero-order valence-corrected chi connectivity index (χ0v) is 18.2. The number of hydrogen-bond acceptors (Lipinski definition) is 5. The summed E-state index contributed by atoms with van der Waals surface area (Å²) in [6.07, 6.45) is -0.891. The summed E-state index contributed by atoms with van der Waals surface area (Å²) in [6.45, 7) is 6.99. The van der Waals surface area contributed by atoms with Gasteiger partial charge in [-0.05, 0) is 62.9 Å². The van der Waals surface area contributed by atoms with E-state index < -0.39 is 17.7 Å². The summed E-state index contributed by atoms with van der Waals surface area (Å²) in [5.74, 6) is -0.111. The van der Waals surface area contributed by atoms with Crippen LogP contribution in [0.25, 0.3) is 10.8 Å². The second-order valence-corrected chi connectivity index (χ2v) is 8.36. The van der Waals surface area contributed by atoms with Crippen LogP contribution in [0.1, 0.15) is 36.7 Å². The van der Waals surface area contributed by atoms with E-state index in [9.17, 15) is 9.59 Å². The zero-order chi connectivity index (χ0) is 21.2. The van der Waals surface area contributed by atoms with Crippen LogP contribution in [0.4, 0.5) is 4.79 Å². The van der Waals surface area contributed by atoms with Gasteiger partial charge in [-0.2, -0.15) is 0 Å². The predicted octanol–water partition coefficient (Wildman–Crippen LogP) is 6.44. The Morgan fingerprint density at radius 1 is 0.897 bits per heavy atom. The van der Waals surface area contributed by atoms with Gasteiger partial charge >= 0.3 is 12.1 Å². The lowest BCUT2D eigenvalue weighted by Crippen LogP contribution is -2.26. The van der Waals surface area contributed by atoms with E-state index in [-0.39, 0.29) is 11.3 Å². The van der Waals surface area contributed by atoms with Gasteiger partial charge in [-0.1, -0.05) is 46.3 Å². The van der Waals surface area contributed by atoms with Crippen LogP contribution in [-0.4, -0.2) is 17.7 Å². The van der Waals surface area contributed by atoms with E-state index in [4.69, 9.17) is 14.2 Å². The molecule has 3 aromatic carbocycles. The van der Waals surface area contributed by atoms with E-state index in [1.807, 2.05) is 18.2 Å². The second kappa shape index (κ2) is 8.25. The zero-order valence-electron chi connectivity index (χ0n) is 16.6. The van der Waals surface area contributed by atoms with E-state index in [2.05, 4.69) is 15.9 Å². The lowest BCUT2D eigenvalue weighted by atomic mass is 10.00. The topological polar surface area (TPSA) is 61.8 Å². The SMILES string of the molecule is Cc1cc2c(Br)cccc2c(OC(=O)OC(C)(C)C)c1C(=O)Oc1ccccc1. The average molecular weight is 457 g/mol. The van der Waals surface area contributed by atoms with Crippen LogP contribution in [0.15, 0.2) is 59.1 Å². The van der Waals surface area contributed by atoms with Gasteiger partial charge in [0.25, 0.3) is 0 Å². The van der Waals surface area contributed by atoms with Crippen LogP contribution in [0, 0.1) is 6.92 Å². The summed E-state index contributed by atoms with van der Waals surface area (Å²) in [4.78, 5) is 25.4. The highest BCUT2D eigenvalue weighted by Gasteiger charge is 2.26. The quantitative estimate of drug-likeness (QED) is 0.257. The second-order valence-electron chi connectivity index (χ2n) is 7.50. The number of fused-ring (bicyclic) bond motifs is 1. The minimum Gasteiger partial charge on any atom is -0.428 e. The molecule has 0 radical (unpaired) electrons. The summed E-state index contributed by atoms with van der Waals surface area (Å²) in [7, 11) is 0. The molecule has 0 N–H and O–H groups in total.